The molecule has 11 heteroatoms. The fourth-order valence-electron chi connectivity index (χ4n) is 1.72. The van der Waals surface area contributed by atoms with Crippen LogP contribution in [-0.2, 0) is 19.8 Å². The van der Waals surface area contributed by atoms with Gasteiger partial charge in [0.05, 0.1) is 23.0 Å². The Kier molecular flexibility index (Phi) is 4.14. The minimum absolute atomic E-state index is 0.0602. The summed E-state index contributed by atoms with van der Waals surface area (Å²) in [5, 5.41) is 10.6. The molecule has 0 atom stereocenters. The number of nitrogens with zero attached hydrogens (tertiary/aromatic N) is 3. The van der Waals surface area contributed by atoms with Crippen molar-refractivity contribution in [3.05, 3.63) is 33.6 Å². The second kappa shape index (κ2) is 5.59. The predicted octanol–water partition coefficient (Wildman–Crippen LogP) is 2.19. The number of aromatic amines is 1. The quantitative estimate of drug-likeness (QED) is 0.842. The second-order valence-electron chi connectivity index (χ2n) is 4.42. The Morgan fingerprint density at radius 1 is 1.45 bits per heavy atom. The number of amides is 1. The summed E-state index contributed by atoms with van der Waals surface area (Å²) in [5.74, 6) is -1.71. The lowest BCUT2D eigenvalue weighted by atomic mass is 10.3. The van der Waals surface area contributed by atoms with E-state index in [1.54, 1.807) is 0 Å². The molecule has 2 rings (SSSR count). The van der Waals surface area contributed by atoms with Gasteiger partial charge in [-0.15, -0.1) is 0 Å². The van der Waals surface area contributed by atoms with E-state index in [4.69, 9.17) is 11.6 Å². The van der Waals surface area contributed by atoms with Crippen LogP contribution in [0.25, 0.3) is 0 Å². The lowest BCUT2D eigenvalue weighted by molar-refractivity contribution is -0.141. The van der Waals surface area contributed by atoms with Crippen molar-refractivity contribution in [3.8, 4) is 0 Å². The summed E-state index contributed by atoms with van der Waals surface area (Å²) in [7, 11) is 1.25. The van der Waals surface area contributed by atoms with Crippen molar-refractivity contribution in [2.24, 2.45) is 7.05 Å². The van der Waals surface area contributed by atoms with E-state index in [2.05, 4.69) is 20.6 Å². The maximum atomic E-state index is 13.5. The average molecular weight is 340 g/mol. The third-order valence-electron chi connectivity index (χ3n) is 2.87. The Balaban J connectivity index is 2.17. The van der Waals surface area contributed by atoms with E-state index in [9.17, 15) is 22.4 Å². The summed E-state index contributed by atoms with van der Waals surface area (Å²) >= 11 is 5.63. The number of rotatable bonds is 3. The van der Waals surface area contributed by atoms with Gasteiger partial charge in [-0.25, -0.2) is 4.39 Å². The summed E-state index contributed by atoms with van der Waals surface area (Å²) in [6.07, 6.45) is -4.71. The molecule has 22 heavy (non-hydrogen) atoms. The van der Waals surface area contributed by atoms with Crippen molar-refractivity contribution in [2.75, 3.05) is 0 Å². The standard InChI is InChI=1S/C11H10ClF4N5O/c1-4-7(13)8(19-18-4)10(22)17-3-5-6(12)9(11(14,15)16)20-21(5)2/h3H2,1-2H3,(H,17,22)(H,18,19). The smallest absolute Gasteiger partial charge is 0.345 e. The molecule has 0 aliphatic rings. The number of carbonyl (C=O) groups excluding carboxylic acids is 1. The minimum atomic E-state index is -4.71. The zero-order chi connectivity index (χ0) is 16.7. The maximum absolute atomic E-state index is 13.5. The topological polar surface area (TPSA) is 75.6 Å². The van der Waals surface area contributed by atoms with E-state index in [1.807, 2.05) is 0 Å². The molecule has 2 heterocycles. The number of hydrogen-bond acceptors (Lipinski definition) is 3. The van der Waals surface area contributed by atoms with E-state index in [0.717, 1.165) is 4.68 Å². The summed E-state index contributed by atoms with van der Waals surface area (Å²) in [5.41, 5.74) is -1.72. The van der Waals surface area contributed by atoms with Crippen molar-refractivity contribution < 1.29 is 22.4 Å². The van der Waals surface area contributed by atoms with Gasteiger partial charge in [-0.3, -0.25) is 14.6 Å². The minimum Gasteiger partial charge on any atom is -0.345 e. The molecular weight excluding hydrogens is 330 g/mol. The first kappa shape index (κ1) is 16.3. The molecule has 0 aromatic carbocycles. The Morgan fingerprint density at radius 2 is 2.09 bits per heavy atom. The van der Waals surface area contributed by atoms with Crippen LogP contribution in [0.4, 0.5) is 17.6 Å². The number of halogens is 5. The molecule has 0 bridgehead atoms. The molecule has 0 radical (unpaired) electrons. The van der Waals surface area contributed by atoms with Gasteiger partial charge in [0.2, 0.25) is 0 Å². The first-order valence-corrected chi connectivity index (χ1v) is 6.28. The summed E-state index contributed by atoms with van der Waals surface area (Å²) in [6, 6.07) is 0. The van der Waals surface area contributed by atoms with E-state index in [1.165, 1.54) is 14.0 Å². The van der Waals surface area contributed by atoms with Crippen LogP contribution >= 0.6 is 11.6 Å². The molecule has 2 N–H and O–H groups in total. The first-order chi connectivity index (χ1) is 10.1. The third-order valence-corrected chi connectivity index (χ3v) is 3.27. The van der Waals surface area contributed by atoms with Gasteiger partial charge < -0.3 is 5.32 Å². The van der Waals surface area contributed by atoms with Crippen molar-refractivity contribution in [1.29, 1.82) is 0 Å². The molecule has 0 saturated heterocycles. The molecule has 1 amide bonds. The molecular formula is C11H10ClF4N5O. The molecule has 6 nitrogen and oxygen atoms in total. The van der Waals surface area contributed by atoms with Gasteiger partial charge in [-0.05, 0) is 6.92 Å². The van der Waals surface area contributed by atoms with Crippen molar-refractivity contribution in [3.63, 3.8) is 0 Å². The fourth-order valence-corrected chi connectivity index (χ4v) is 2.05. The summed E-state index contributed by atoms with van der Waals surface area (Å²) in [6.45, 7) is 1.02. The zero-order valence-corrected chi connectivity index (χ0v) is 12.1. The molecule has 120 valence electrons. The van der Waals surface area contributed by atoms with Gasteiger partial charge in [0.1, 0.15) is 0 Å². The van der Waals surface area contributed by atoms with E-state index in [-0.39, 0.29) is 17.9 Å². The molecule has 2 aromatic rings. The number of nitrogens with one attached hydrogen (secondary N) is 2. The van der Waals surface area contributed by atoms with Gasteiger partial charge in [-0.1, -0.05) is 11.6 Å². The SMILES string of the molecule is Cc1[nH]nc(C(=O)NCc2c(Cl)c(C(F)(F)F)nn2C)c1F. The highest BCUT2D eigenvalue weighted by Gasteiger charge is 2.38. The van der Waals surface area contributed by atoms with Gasteiger partial charge >= 0.3 is 6.18 Å². The van der Waals surface area contributed by atoms with Gasteiger partial charge in [0.25, 0.3) is 5.91 Å². The molecule has 2 aromatic heterocycles. The Hall–Kier alpha value is -2.10. The van der Waals surface area contributed by atoms with Crippen LogP contribution in [0.5, 0.6) is 0 Å². The number of aryl methyl sites for hydroxylation is 2. The lowest BCUT2D eigenvalue weighted by Gasteiger charge is -2.05. The number of H-pyrrole nitrogens is 1. The number of hydrogen-bond donors (Lipinski definition) is 2. The van der Waals surface area contributed by atoms with Gasteiger partial charge in [0, 0.05) is 7.05 Å². The third kappa shape index (κ3) is 2.91. The molecule has 0 saturated carbocycles. The average Bonchev–Trinajstić information content (AvgIpc) is 2.89. The highest BCUT2D eigenvalue weighted by Crippen LogP contribution is 2.35. The van der Waals surface area contributed by atoms with Gasteiger partial charge in [-0.2, -0.15) is 23.4 Å². The molecule has 0 fully saturated rings. The largest absolute Gasteiger partial charge is 0.436 e. The van der Waals surface area contributed by atoms with Crippen LogP contribution in [0.2, 0.25) is 5.02 Å². The van der Waals surface area contributed by atoms with E-state index in [0.29, 0.717) is 0 Å². The predicted molar refractivity (Wildman–Crippen MR) is 67.7 cm³/mol. The monoisotopic (exact) mass is 339 g/mol. The van der Waals surface area contributed by atoms with Crippen LogP contribution < -0.4 is 5.32 Å². The van der Waals surface area contributed by atoms with Gasteiger partial charge in [0.15, 0.2) is 17.2 Å². The van der Waals surface area contributed by atoms with E-state index >= 15 is 0 Å². The Morgan fingerprint density at radius 3 is 2.55 bits per heavy atom. The summed E-state index contributed by atoms with van der Waals surface area (Å²) < 4.78 is 52.4. The fraction of sp³-hybridized carbons (Fsp3) is 0.364. The molecule has 0 spiro atoms. The maximum Gasteiger partial charge on any atom is 0.436 e. The lowest BCUT2D eigenvalue weighted by Crippen LogP contribution is -2.25. The number of aromatic nitrogens is 4. The number of carbonyl (C=O) groups is 1. The van der Waals surface area contributed by atoms with Crippen LogP contribution in [-0.4, -0.2) is 25.9 Å². The van der Waals surface area contributed by atoms with Crippen molar-refractivity contribution >= 4 is 17.5 Å². The zero-order valence-electron chi connectivity index (χ0n) is 11.3. The van der Waals surface area contributed by atoms with Crippen LogP contribution in [0.3, 0.4) is 0 Å². The van der Waals surface area contributed by atoms with Crippen LogP contribution in [0.15, 0.2) is 0 Å². The van der Waals surface area contributed by atoms with Crippen LogP contribution in [0.1, 0.15) is 27.6 Å². The van der Waals surface area contributed by atoms with E-state index < -0.39 is 34.3 Å². The Labute approximate surface area is 126 Å². The normalized spacial score (nSPS) is 11.8. The highest BCUT2D eigenvalue weighted by molar-refractivity contribution is 6.32. The van der Waals surface area contributed by atoms with Crippen molar-refractivity contribution in [1.82, 2.24) is 25.3 Å². The van der Waals surface area contributed by atoms with Crippen LogP contribution in [0, 0.1) is 12.7 Å². The second-order valence-corrected chi connectivity index (χ2v) is 4.80. The summed E-state index contributed by atoms with van der Waals surface area (Å²) in [4.78, 5) is 11.7. The molecule has 0 aliphatic carbocycles. The molecule has 0 unspecified atom stereocenters. The van der Waals surface area contributed by atoms with Crippen molar-refractivity contribution in [2.45, 2.75) is 19.6 Å². The Bertz CT molecular complexity index is 721. The number of alkyl halides is 3. The highest BCUT2D eigenvalue weighted by atomic mass is 35.5. The molecule has 0 aliphatic heterocycles. The first-order valence-electron chi connectivity index (χ1n) is 5.90.